The fourth-order valence-electron chi connectivity index (χ4n) is 1.58. The highest BCUT2D eigenvalue weighted by Gasteiger charge is 2.00. The first kappa shape index (κ1) is 15.7. The van der Waals surface area contributed by atoms with Crippen LogP contribution in [-0.2, 0) is 27.3 Å². The molecular weight excluding hydrogens is 244 g/mol. The molecule has 0 aromatic heterocycles. The molecule has 0 bridgehead atoms. The molecular formula is C15H22O4. The van der Waals surface area contributed by atoms with Crippen LogP contribution in [0.2, 0.25) is 0 Å². The number of carbonyl (C=O) groups is 1. The summed E-state index contributed by atoms with van der Waals surface area (Å²) in [6.07, 6.45) is 2.29. The van der Waals surface area contributed by atoms with E-state index in [0.29, 0.717) is 19.8 Å². The largest absolute Gasteiger partial charge is 0.481 e. The molecule has 0 radical (unpaired) electrons. The van der Waals surface area contributed by atoms with Crippen molar-refractivity contribution in [3.05, 3.63) is 35.4 Å². The number of benzene rings is 1. The predicted octanol–water partition coefficient (Wildman–Crippen LogP) is 2.65. The SMILES string of the molecule is CCCCOCCOCc1ccc(CC(=O)O)cc1. The molecule has 0 fully saturated rings. The van der Waals surface area contributed by atoms with Gasteiger partial charge in [-0.3, -0.25) is 4.79 Å². The summed E-state index contributed by atoms with van der Waals surface area (Å²) in [6.45, 7) is 4.67. The smallest absolute Gasteiger partial charge is 0.307 e. The molecule has 1 rings (SSSR count). The number of rotatable bonds is 10. The summed E-state index contributed by atoms with van der Waals surface area (Å²) in [5.74, 6) is -0.812. The van der Waals surface area contributed by atoms with Gasteiger partial charge in [0, 0.05) is 6.61 Å². The number of hydrogen-bond acceptors (Lipinski definition) is 3. The van der Waals surface area contributed by atoms with Crippen molar-refractivity contribution in [3.8, 4) is 0 Å². The second-order valence-electron chi connectivity index (χ2n) is 4.41. The molecule has 1 N–H and O–H groups in total. The van der Waals surface area contributed by atoms with Crippen molar-refractivity contribution in [1.82, 2.24) is 0 Å². The molecule has 4 nitrogen and oxygen atoms in total. The van der Waals surface area contributed by atoms with Gasteiger partial charge >= 0.3 is 5.97 Å². The molecule has 4 heteroatoms. The van der Waals surface area contributed by atoms with Crippen LogP contribution in [-0.4, -0.2) is 30.9 Å². The molecule has 1 aromatic carbocycles. The maximum Gasteiger partial charge on any atom is 0.307 e. The predicted molar refractivity (Wildman–Crippen MR) is 73.2 cm³/mol. The van der Waals surface area contributed by atoms with Crippen LogP contribution < -0.4 is 0 Å². The summed E-state index contributed by atoms with van der Waals surface area (Å²) in [5, 5.41) is 8.66. The highest BCUT2D eigenvalue weighted by atomic mass is 16.5. The van der Waals surface area contributed by atoms with Crippen LogP contribution in [0.5, 0.6) is 0 Å². The quantitative estimate of drug-likeness (QED) is 0.661. The number of hydrogen-bond donors (Lipinski definition) is 1. The lowest BCUT2D eigenvalue weighted by Crippen LogP contribution is -2.05. The monoisotopic (exact) mass is 266 g/mol. The zero-order valence-corrected chi connectivity index (χ0v) is 11.4. The summed E-state index contributed by atoms with van der Waals surface area (Å²) in [7, 11) is 0. The van der Waals surface area contributed by atoms with Crippen molar-refractivity contribution in [2.75, 3.05) is 19.8 Å². The van der Waals surface area contributed by atoms with Crippen LogP contribution in [0, 0.1) is 0 Å². The third-order valence-electron chi connectivity index (χ3n) is 2.66. The lowest BCUT2D eigenvalue weighted by molar-refractivity contribution is -0.136. The highest BCUT2D eigenvalue weighted by molar-refractivity contribution is 5.70. The molecule has 0 spiro atoms. The van der Waals surface area contributed by atoms with E-state index in [4.69, 9.17) is 14.6 Å². The minimum atomic E-state index is -0.812. The standard InChI is InChI=1S/C15H22O4/c1-2-3-8-18-9-10-19-12-14-6-4-13(5-7-14)11-15(16)17/h4-7H,2-3,8-12H2,1H3,(H,16,17). The van der Waals surface area contributed by atoms with E-state index in [-0.39, 0.29) is 6.42 Å². The Balaban J connectivity index is 2.14. The number of carboxylic acid groups (broad SMARTS) is 1. The van der Waals surface area contributed by atoms with E-state index < -0.39 is 5.97 Å². The molecule has 19 heavy (non-hydrogen) atoms. The fourth-order valence-corrected chi connectivity index (χ4v) is 1.58. The van der Waals surface area contributed by atoms with Crippen LogP contribution in [0.1, 0.15) is 30.9 Å². The first-order valence-corrected chi connectivity index (χ1v) is 6.67. The van der Waals surface area contributed by atoms with Gasteiger partial charge in [-0.25, -0.2) is 0 Å². The summed E-state index contributed by atoms with van der Waals surface area (Å²) < 4.78 is 10.9. The molecule has 0 aliphatic rings. The number of ether oxygens (including phenoxy) is 2. The lowest BCUT2D eigenvalue weighted by Gasteiger charge is -2.06. The van der Waals surface area contributed by atoms with E-state index in [1.807, 2.05) is 24.3 Å². The Labute approximate surface area is 114 Å². The second kappa shape index (κ2) is 9.53. The van der Waals surface area contributed by atoms with Gasteiger partial charge in [0.2, 0.25) is 0 Å². The Morgan fingerprint density at radius 2 is 1.68 bits per heavy atom. The van der Waals surface area contributed by atoms with E-state index in [2.05, 4.69) is 6.92 Å². The van der Waals surface area contributed by atoms with Gasteiger partial charge in [-0.2, -0.15) is 0 Å². The van der Waals surface area contributed by atoms with E-state index >= 15 is 0 Å². The van der Waals surface area contributed by atoms with Gasteiger partial charge < -0.3 is 14.6 Å². The Morgan fingerprint density at radius 3 is 2.32 bits per heavy atom. The molecule has 0 heterocycles. The van der Waals surface area contributed by atoms with E-state index in [0.717, 1.165) is 30.6 Å². The zero-order chi connectivity index (χ0) is 13.9. The molecule has 0 unspecified atom stereocenters. The second-order valence-corrected chi connectivity index (χ2v) is 4.41. The maximum atomic E-state index is 10.5. The van der Waals surface area contributed by atoms with E-state index in [9.17, 15) is 4.79 Å². The summed E-state index contributed by atoms with van der Waals surface area (Å²) in [5.41, 5.74) is 1.85. The zero-order valence-electron chi connectivity index (χ0n) is 11.4. The van der Waals surface area contributed by atoms with Crippen molar-refractivity contribution in [2.24, 2.45) is 0 Å². The van der Waals surface area contributed by atoms with Crippen molar-refractivity contribution < 1.29 is 19.4 Å². The van der Waals surface area contributed by atoms with E-state index in [1.165, 1.54) is 0 Å². The molecule has 0 saturated heterocycles. The van der Waals surface area contributed by atoms with Crippen molar-refractivity contribution in [2.45, 2.75) is 32.8 Å². The van der Waals surface area contributed by atoms with Crippen LogP contribution in [0.25, 0.3) is 0 Å². The molecule has 106 valence electrons. The number of aliphatic carboxylic acids is 1. The van der Waals surface area contributed by atoms with Gasteiger partial charge in [0.05, 0.1) is 26.2 Å². The summed E-state index contributed by atoms with van der Waals surface area (Å²) >= 11 is 0. The van der Waals surface area contributed by atoms with Gasteiger partial charge in [-0.05, 0) is 17.5 Å². The van der Waals surface area contributed by atoms with Crippen molar-refractivity contribution >= 4 is 5.97 Å². The maximum absolute atomic E-state index is 10.5. The van der Waals surface area contributed by atoms with Crippen LogP contribution >= 0.6 is 0 Å². The van der Waals surface area contributed by atoms with Gasteiger partial charge in [0.1, 0.15) is 0 Å². The molecule has 0 atom stereocenters. The molecule has 0 amide bonds. The van der Waals surface area contributed by atoms with Crippen molar-refractivity contribution in [3.63, 3.8) is 0 Å². The topological polar surface area (TPSA) is 55.8 Å². The van der Waals surface area contributed by atoms with Gasteiger partial charge in [-0.15, -0.1) is 0 Å². The minimum absolute atomic E-state index is 0.0619. The molecule has 0 aliphatic heterocycles. The Kier molecular flexibility index (Phi) is 7.86. The van der Waals surface area contributed by atoms with Crippen LogP contribution in [0.4, 0.5) is 0 Å². The average molecular weight is 266 g/mol. The third kappa shape index (κ3) is 7.59. The first-order valence-electron chi connectivity index (χ1n) is 6.67. The third-order valence-corrected chi connectivity index (χ3v) is 2.66. The fraction of sp³-hybridized carbons (Fsp3) is 0.533. The van der Waals surface area contributed by atoms with Crippen LogP contribution in [0.15, 0.2) is 24.3 Å². The summed E-state index contributed by atoms with van der Waals surface area (Å²) in [4.78, 5) is 10.5. The van der Waals surface area contributed by atoms with E-state index in [1.54, 1.807) is 0 Å². The normalized spacial score (nSPS) is 10.6. The lowest BCUT2D eigenvalue weighted by atomic mass is 10.1. The number of unbranched alkanes of at least 4 members (excludes halogenated alkanes) is 1. The van der Waals surface area contributed by atoms with Gasteiger partial charge in [0.25, 0.3) is 0 Å². The Hall–Kier alpha value is -1.39. The minimum Gasteiger partial charge on any atom is -0.481 e. The Morgan fingerprint density at radius 1 is 1.05 bits per heavy atom. The van der Waals surface area contributed by atoms with Crippen molar-refractivity contribution in [1.29, 1.82) is 0 Å². The molecule has 0 aliphatic carbocycles. The highest BCUT2D eigenvalue weighted by Crippen LogP contribution is 2.06. The van der Waals surface area contributed by atoms with Gasteiger partial charge in [0.15, 0.2) is 0 Å². The summed E-state index contributed by atoms with van der Waals surface area (Å²) in [6, 6.07) is 7.45. The van der Waals surface area contributed by atoms with Crippen LogP contribution in [0.3, 0.4) is 0 Å². The first-order chi connectivity index (χ1) is 9.22. The number of carboxylic acids is 1. The Bertz CT molecular complexity index is 359. The molecule has 1 aromatic rings. The average Bonchev–Trinajstić information content (AvgIpc) is 2.39. The molecule has 0 saturated carbocycles. The van der Waals surface area contributed by atoms with Gasteiger partial charge in [-0.1, -0.05) is 37.6 Å².